The molecular weight excluding hydrogens is 207 g/mol. The molecule has 1 rings (SSSR count). The van der Waals surface area contributed by atoms with Crippen molar-refractivity contribution in [2.45, 2.75) is 12.6 Å². The maximum absolute atomic E-state index is 13.4. The first-order valence-corrected chi connectivity index (χ1v) is 4.47. The van der Waals surface area contributed by atoms with Gasteiger partial charge < -0.3 is 4.74 Å². The van der Waals surface area contributed by atoms with Crippen molar-refractivity contribution >= 4 is 17.6 Å². The summed E-state index contributed by atoms with van der Waals surface area (Å²) in [7, 11) is 1.23. The number of hydrogen-bond donors (Lipinski definition) is 0. The maximum atomic E-state index is 13.4. The normalized spacial score (nSPS) is 12.2. The molecule has 1 aromatic rings. The average Bonchev–Trinajstić information content (AvgIpc) is 2.18. The van der Waals surface area contributed by atoms with Gasteiger partial charge in [-0.3, -0.25) is 4.79 Å². The van der Waals surface area contributed by atoms with E-state index in [1.807, 2.05) is 0 Å². The molecule has 14 heavy (non-hydrogen) atoms. The number of ether oxygens (including phenoxy) is 1. The summed E-state index contributed by atoms with van der Waals surface area (Å²) in [5.74, 6) is -0.563. The molecule has 0 aromatic heterocycles. The van der Waals surface area contributed by atoms with E-state index in [0.717, 1.165) is 0 Å². The van der Waals surface area contributed by atoms with E-state index in [-0.39, 0.29) is 6.42 Å². The molecule has 0 aliphatic rings. The lowest BCUT2D eigenvalue weighted by molar-refractivity contribution is -0.141. The smallest absolute Gasteiger partial charge is 0.308 e. The van der Waals surface area contributed by atoms with Gasteiger partial charge in [0.05, 0.1) is 13.5 Å². The van der Waals surface area contributed by atoms with Crippen molar-refractivity contribution in [1.29, 1.82) is 0 Å². The number of alkyl halides is 1. The van der Waals surface area contributed by atoms with E-state index in [9.17, 15) is 9.18 Å². The van der Waals surface area contributed by atoms with Crippen molar-refractivity contribution in [3.63, 3.8) is 0 Å². The lowest BCUT2D eigenvalue weighted by Gasteiger charge is -2.06. The minimum absolute atomic E-state index is 0.266. The molecule has 1 aromatic carbocycles. The van der Waals surface area contributed by atoms with Crippen LogP contribution in [0.4, 0.5) is 4.39 Å². The number of methoxy groups -OCH3 is 1. The highest BCUT2D eigenvalue weighted by atomic mass is 35.5. The van der Waals surface area contributed by atoms with Gasteiger partial charge in [0.1, 0.15) is 6.17 Å². The van der Waals surface area contributed by atoms with Gasteiger partial charge in [-0.1, -0.05) is 23.7 Å². The van der Waals surface area contributed by atoms with Gasteiger partial charge in [0, 0.05) is 5.02 Å². The number of carbonyl (C=O) groups is 1. The van der Waals surface area contributed by atoms with E-state index in [2.05, 4.69) is 4.74 Å². The molecule has 0 bridgehead atoms. The monoisotopic (exact) mass is 216 g/mol. The predicted octanol–water partition coefficient (Wildman–Crippen LogP) is 2.91. The van der Waals surface area contributed by atoms with Crippen LogP contribution in [-0.4, -0.2) is 13.1 Å². The summed E-state index contributed by atoms with van der Waals surface area (Å²) in [5.41, 5.74) is 0.430. The number of halogens is 2. The molecule has 0 fully saturated rings. The molecule has 0 heterocycles. The predicted molar refractivity (Wildman–Crippen MR) is 51.9 cm³/mol. The Balaban J connectivity index is 2.65. The Morgan fingerprint density at radius 3 is 2.57 bits per heavy atom. The van der Waals surface area contributed by atoms with Crippen molar-refractivity contribution < 1.29 is 13.9 Å². The second-order valence-corrected chi connectivity index (χ2v) is 3.24. The molecule has 0 aliphatic carbocycles. The van der Waals surface area contributed by atoms with Crippen LogP contribution in [0.15, 0.2) is 24.3 Å². The zero-order chi connectivity index (χ0) is 10.6. The molecule has 4 heteroatoms. The Kier molecular flexibility index (Phi) is 3.89. The van der Waals surface area contributed by atoms with Gasteiger partial charge in [0.25, 0.3) is 0 Å². The Morgan fingerprint density at radius 1 is 1.50 bits per heavy atom. The maximum Gasteiger partial charge on any atom is 0.308 e. The van der Waals surface area contributed by atoms with E-state index in [1.165, 1.54) is 7.11 Å². The fraction of sp³-hybridized carbons (Fsp3) is 0.300. The van der Waals surface area contributed by atoms with Crippen LogP contribution in [0.2, 0.25) is 5.02 Å². The Hall–Kier alpha value is -1.09. The fourth-order valence-electron chi connectivity index (χ4n) is 1.02. The highest BCUT2D eigenvalue weighted by molar-refractivity contribution is 6.30. The molecule has 1 unspecified atom stereocenters. The minimum atomic E-state index is -1.33. The summed E-state index contributed by atoms with van der Waals surface area (Å²) >= 11 is 5.64. The third kappa shape index (κ3) is 3.00. The first-order valence-electron chi connectivity index (χ1n) is 4.10. The fourth-order valence-corrected chi connectivity index (χ4v) is 1.15. The minimum Gasteiger partial charge on any atom is -0.469 e. The number of rotatable bonds is 3. The number of hydrogen-bond acceptors (Lipinski definition) is 2. The van der Waals surface area contributed by atoms with Gasteiger partial charge in [0.2, 0.25) is 0 Å². The lowest BCUT2D eigenvalue weighted by atomic mass is 10.1. The van der Waals surface area contributed by atoms with Crippen LogP contribution in [0, 0.1) is 0 Å². The lowest BCUT2D eigenvalue weighted by Crippen LogP contribution is -2.04. The van der Waals surface area contributed by atoms with Crippen molar-refractivity contribution in [2.75, 3.05) is 7.11 Å². The zero-order valence-corrected chi connectivity index (χ0v) is 8.42. The van der Waals surface area contributed by atoms with Gasteiger partial charge in [0.15, 0.2) is 0 Å². The first-order chi connectivity index (χ1) is 6.63. The molecule has 0 amide bonds. The molecular formula is C10H10ClFO2. The SMILES string of the molecule is COC(=O)CC(F)c1ccc(Cl)cc1. The highest BCUT2D eigenvalue weighted by Gasteiger charge is 2.14. The molecule has 0 saturated heterocycles. The second-order valence-electron chi connectivity index (χ2n) is 2.80. The quantitative estimate of drug-likeness (QED) is 0.727. The van der Waals surface area contributed by atoms with Crippen LogP contribution >= 0.6 is 11.6 Å². The first kappa shape index (κ1) is 11.0. The molecule has 0 aliphatic heterocycles. The summed E-state index contributed by atoms with van der Waals surface area (Å²) < 4.78 is 17.7. The van der Waals surface area contributed by atoms with Crippen molar-refractivity contribution in [1.82, 2.24) is 0 Å². The summed E-state index contributed by atoms with van der Waals surface area (Å²) in [5, 5.41) is 0.541. The molecule has 0 saturated carbocycles. The van der Waals surface area contributed by atoms with Crippen LogP contribution in [0.5, 0.6) is 0 Å². The van der Waals surface area contributed by atoms with Crippen molar-refractivity contribution in [3.8, 4) is 0 Å². The van der Waals surface area contributed by atoms with Crippen LogP contribution in [0.25, 0.3) is 0 Å². The van der Waals surface area contributed by atoms with Crippen molar-refractivity contribution in [3.05, 3.63) is 34.9 Å². The standard InChI is InChI=1S/C10H10ClFO2/c1-14-10(13)6-9(12)7-2-4-8(11)5-3-7/h2-5,9H,6H2,1H3. The number of carbonyl (C=O) groups excluding carboxylic acids is 1. The zero-order valence-electron chi connectivity index (χ0n) is 7.67. The van der Waals surface area contributed by atoms with Gasteiger partial charge in [-0.15, -0.1) is 0 Å². The number of benzene rings is 1. The van der Waals surface area contributed by atoms with E-state index in [4.69, 9.17) is 11.6 Å². The highest BCUT2D eigenvalue weighted by Crippen LogP contribution is 2.22. The van der Waals surface area contributed by atoms with E-state index >= 15 is 0 Å². The Bertz CT molecular complexity index is 310. The van der Waals surface area contributed by atoms with Crippen LogP contribution in [-0.2, 0) is 9.53 Å². The molecule has 0 N–H and O–H groups in total. The van der Waals surface area contributed by atoms with Gasteiger partial charge in [-0.05, 0) is 17.7 Å². The molecule has 76 valence electrons. The summed E-state index contributed by atoms with van der Waals surface area (Å²) in [6, 6.07) is 6.27. The Morgan fingerprint density at radius 2 is 2.07 bits per heavy atom. The largest absolute Gasteiger partial charge is 0.469 e. The molecule has 0 radical (unpaired) electrons. The van der Waals surface area contributed by atoms with Crippen LogP contribution in [0.3, 0.4) is 0 Å². The van der Waals surface area contributed by atoms with Gasteiger partial charge in [-0.2, -0.15) is 0 Å². The van der Waals surface area contributed by atoms with Crippen LogP contribution in [0.1, 0.15) is 18.2 Å². The third-order valence-corrected chi connectivity index (χ3v) is 2.06. The molecule has 1 atom stereocenters. The molecule has 2 nitrogen and oxygen atoms in total. The summed E-state index contributed by atoms with van der Waals surface area (Å²) in [6.07, 6.45) is -1.60. The number of esters is 1. The van der Waals surface area contributed by atoms with Gasteiger partial charge in [-0.25, -0.2) is 4.39 Å². The van der Waals surface area contributed by atoms with E-state index in [0.29, 0.717) is 10.6 Å². The topological polar surface area (TPSA) is 26.3 Å². The van der Waals surface area contributed by atoms with E-state index in [1.54, 1.807) is 24.3 Å². The summed E-state index contributed by atoms with van der Waals surface area (Å²) in [6.45, 7) is 0. The average molecular weight is 217 g/mol. The second kappa shape index (κ2) is 4.96. The van der Waals surface area contributed by atoms with Gasteiger partial charge >= 0.3 is 5.97 Å². The molecule has 0 spiro atoms. The van der Waals surface area contributed by atoms with Crippen LogP contribution < -0.4 is 0 Å². The Labute approximate surface area is 86.6 Å². The summed E-state index contributed by atoms with van der Waals surface area (Å²) in [4.78, 5) is 10.8. The van der Waals surface area contributed by atoms with E-state index < -0.39 is 12.1 Å². The van der Waals surface area contributed by atoms with Crippen molar-refractivity contribution in [2.24, 2.45) is 0 Å². The third-order valence-electron chi connectivity index (χ3n) is 1.81.